The summed E-state index contributed by atoms with van der Waals surface area (Å²) in [5.74, 6) is 1.53. The molecule has 0 saturated heterocycles. The predicted molar refractivity (Wildman–Crippen MR) is 101 cm³/mol. The van der Waals surface area contributed by atoms with Crippen LogP contribution in [-0.4, -0.2) is 31.9 Å². The number of rotatable bonds is 9. The van der Waals surface area contributed by atoms with Gasteiger partial charge in [0.1, 0.15) is 5.75 Å². The molecule has 1 N–H and O–H groups in total. The average molecular weight is 356 g/mol. The molecule has 0 atom stereocenters. The van der Waals surface area contributed by atoms with Crippen LogP contribution in [0.2, 0.25) is 0 Å². The Kier molecular flexibility index (Phi) is 7.49. The smallest absolute Gasteiger partial charge is 0.271 e. The van der Waals surface area contributed by atoms with Gasteiger partial charge in [0.25, 0.3) is 5.91 Å². The molecule has 0 saturated carbocycles. The Bertz CT molecular complexity index is 759. The Hall–Kier alpha value is -3.02. The Balaban J connectivity index is 2.09. The van der Waals surface area contributed by atoms with E-state index in [-0.39, 0.29) is 5.91 Å². The minimum Gasteiger partial charge on any atom is -0.493 e. The molecule has 0 bridgehead atoms. The highest BCUT2D eigenvalue weighted by atomic mass is 16.5. The summed E-state index contributed by atoms with van der Waals surface area (Å²) in [4.78, 5) is 12.3. The molecule has 138 valence electrons. The van der Waals surface area contributed by atoms with Crippen LogP contribution in [-0.2, 0) is 0 Å². The van der Waals surface area contributed by atoms with Gasteiger partial charge in [0, 0.05) is 11.1 Å². The van der Waals surface area contributed by atoms with Gasteiger partial charge in [0.05, 0.1) is 26.0 Å². The van der Waals surface area contributed by atoms with Gasteiger partial charge >= 0.3 is 0 Å². The molecule has 0 aromatic heterocycles. The van der Waals surface area contributed by atoms with E-state index in [4.69, 9.17) is 14.2 Å². The lowest BCUT2D eigenvalue weighted by atomic mass is 10.2. The first-order chi connectivity index (χ1) is 12.7. The van der Waals surface area contributed by atoms with E-state index in [2.05, 4.69) is 10.5 Å². The lowest BCUT2D eigenvalue weighted by Gasteiger charge is -2.11. The highest BCUT2D eigenvalue weighted by Gasteiger charge is 2.11. The van der Waals surface area contributed by atoms with E-state index in [1.807, 2.05) is 45.0 Å². The van der Waals surface area contributed by atoms with E-state index >= 15 is 0 Å². The van der Waals surface area contributed by atoms with Gasteiger partial charge in [0.15, 0.2) is 11.5 Å². The third kappa shape index (κ3) is 5.24. The standard InChI is InChI=1S/C20H24N2O4/c1-4-24-17-10-8-7-9-16(17)14-21-22-20(23)15-11-12-18(25-5-2)19(13-15)26-6-3/h7-14H,4-6H2,1-3H3,(H,22,23)/b21-14+. The van der Waals surface area contributed by atoms with Crippen molar-refractivity contribution in [1.29, 1.82) is 0 Å². The third-order valence-electron chi connectivity index (χ3n) is 3.39. The highest BCUT2D eigenvalue weighted by Crippen LogP contribution is 2.28. The summed E-state index contributed by atoms with van der Waals surface area (Å²) in [6.45, 7) is 7.25. The summed E-state index contributed by atoms with van der Waals surface area (Å²) in [6.07, 6.45) is 1.56. The van der Waals surface area contributed by atoms with Crippen LogP contribution in [0.15, 0.2) is 47.6 Å². The molecule has 0 fully saturated rings. The van der Waals surface area contributed by atoms with Crippen molar-refractivity contribution >= 4 is 12.1 Å². The van der Waals surface area contributed by atoms with Gasteiger partial charge in [-0.15, -0.1) is 0 Å². The number of carbonyl (C=O) groups is 1. The largest absolute Gasteiger partial charge is 0.493 e. The number of carbonyl (C=O) groups excluding carboxylic acids is 1. The number of hydrogen-bond donors (Lipinski definition) is 1. The summed E-state index contributed by atoms with van der Waals surface area (Å²) in [5, 5.41) is 4.02. The van der Waals surface area contributed by atoms with Crippen LogP contribution in [0.25, 0.3) is 0 Å². The zero-order valence-electron chi connectivity index (χ0n) is 15.3. The summed E-state index contributed by atoms with van der Waals surface area (Å²) in [6, 6.07) is 12.5. The van der Waals surface area contributed by atoms with E-state index in [1.54, 1.807) is 24.4 Å². The Morgan fingerprint density at radius 3 is 2.31 bits per heavy atom. The first-order valence-electron chi connectivity index (χ1n) is 8.64. The molecule has 6 heteroatoms. The van der Waals surface area contributed by atoms with E-state index < -0.39 is 0 Å². The zero-order valence-corrected chi connectivity index (χ0v) is 15.3. The predicted octanol–water partition coefficient (Wildman–Crippen LogP) is 3.65. The van der Waals surface area contributed by atoms with Gasteiger partial charge in [-0.1, -0.05) is 12.1 Å². The van der Waals surface area contributed by atoms with Gasteiger partial charge in [-0.3, -0.25) is 4.79 Å². The van der Waals surface area contributed by atoms with Crippen LogP contribution in [0.1, 0.15) is 36.7 Å². The number of ether oxygens (including phenoxy) is 3. The molecule has 0 aliphatic heterocycles. The molecule has 2 rings (SSSR count). The fraction of sp³-hybridized carbons (Fsp3) is 0.300. The molecule has 2 aromatic rings. The van der Waals surface area contributed by atoms with Crippen molar-refractivity contribution in [2.24, 2.45) is 5.10 Å². The summed E-state index contributed by atoms with van der Waals surface area (Å²) < 4.78 is 16.6. The van der Waals surface area contributed by atoms with Crippen molar-refractivity contribution in [3.63, 3.8) is 0 Å². The molecule has 0 unspecified atom stereocenters. The normalized spacial score (nSPS) is 10.6. The minimum atomic E-state index is -0.334. The number of para-hydroxylation sites is 1. The Morgan fingerprint density at radius 1 is 0.923 bits per heavy atom. The van der Waals surface area contributed by atoms with E-state index in [0.717, 1.165) is 5.56 Å². The monoisotopic (exact) mass is 356 g/mol. The first-order valence-corrected chi connectivity index (χ1v) is 8.64. The molecule has 0 spiro atoms. The van der Waals surface area contributed by atoms with Gasteiger partial charge in [0.2, 0.25) is 0 Å². The number of amides is 1. The molecular weight excluding hydrogens is 332 g/mol. The molecule has 1 amide bonds. The number of nitrogens with zero attached hydrogens (tertiary/aromatic N) is 1. The van der Waals surface area contributed by atoms with Gasteiger partial charge < -0.3 is 14.2 Å². The molecule has 0 aliphatic carbocycles. The van der Waals surface area contributed by atoms with E-state index in [0.29, 0.717) is 42.6 Å². The van der Waals surface area contributed by atoms with Crippen molar-refractivity contribution in [3.8, 4) is 17.2 Å². The van der Waals surface area contributed by atoms with Gasteiger partial charge in [-0.05, 0) is 51.1 Å². The number of hydrogen-bond acceptors (Lipinski definition) is 5. The van der Waals surface area contributed by atoms with E-state index in [1.165, 1.54) is 0 Å². The van der Waals surface area contributed by atoms with Crippen molar-refractivity contribution in [1.82, 2.24) is 5.43 Å². The maximum atomic E-state index is 12.3. The van der Waals surface area contributed by atoms with Crippen LogP contribution < -0.4 is 19.6 Å². The number of nitrogens with one attached hydrogen (secondary N) is 1. The van der Waals surface area contributed by atoms with Crippen LogP contribution in [0.5, 0.6) is 17.2 Å². The zero-order chi connectivity index (χ0) is 18.8. The lowest BCUT2D eigenvalue weighted by Crippen LogP contribution is -2.18. The average Bonchev–Trinajstić information content (AvgIpc) is 2.65. The quantitative estimate of drug-likeness (QED) is 0.550. The van der Waals surface area contributed by atoms with Gasteiger partial charge in [-0.2, -0.15) is 5.10 Å². The SMILES string of the molecule is CCOc1ccccc1/C=N/NC(=O)c1ccc(OCC)c(OCC)c1. The Morgan fingerprint density at radius 2 is 1.58 bits per heavy atom. The second-order valence-corrected chi connectivity index (χ2v) is 5.20. The fourth-order valence-corrected chi connectivity index (χ4v) is 2.29. The second-order valence-electron chi connectivity index (χ2n) is 5.20. The maximum Gasteiger partial charge on any atom is 0.271 e. The molecule has 0 radical (unpaired) electrons. The number of hydrazone groups is 1. The molecule has 26 heavy (non-hydrogen) atoms. The molecule has 0 aliphatic rings. The third-order valence-corrected chi connectivity index (χ3v) is 3.39. The second kappa shape index (κ2) is 10.1. The van der Waals surface area contributed by atoms with Crippen LogP contribution >= 0.6 is 0 Å². The summed E-state index contributed by atoms with van der Waals surface area (Å²) >= 11 is 0. The Labute approximate surface area is 153 Å². The van der Waals surface area contributed by atoms with Crippen LogP contribution in [0.3, 0.4) is 0 Å². The summed E-state index contributed by atoms with van der Waals surface area (Å²) in [5.41, 5.74) is 3.74. The lowest BCUT2D eigenvalue weighted by molar-refractivity contribution is 0.0954. The van der Waals surface area contributed by atoms with Gasteiger partial charge in [-0.25, -0.2) is 5.43 Å². The molecule has 6 nitrogen and oxygen atoms in total. The highest BCUT2D eigenvalue weighted by molar-refractivity contribution is 5.95. The van der Waals surface area contributed by atoms with Crippen molar-refractivity contribution < 1.29 is 19.0 Å². The maximum absolute atomic E-state index is 12.3. The topological polar surface area (TPSA) is 69.2 Å². The van der Waals surface area contributed by atoms with Crippen molar-refractivity contribution in [2.75, 3.05) is 19.8 Å². The van der Waals surface area contributed by atoms with Crippen molar-refractivity contribution in [2.45, 2.75) is 20.8 Å². The fourth-order valence-electron chi connectivity index (χ4n) is 2.29. The molecular formula is C20H24N2O4. The summed E-state index contributed by atoms with van der Waals surface area (Å²) in [7, 11) is 0. The molecule has 0 heterocycles. The van der Waals surface area contributed by atoms with Crippen LogP contribution in [0, 0.1) is 0 Å². The van der Waals surface area contributed by atoms with E-state index in [9.17, 15) is 4.79 Å². The number of benzene rings is 2. The van der Waals surface area contributed by atoms with Crippen LogP contribution in [0.4, 0.5) is 0 Å². The first kappa shape index (κ1) is 19.3. The minimum absolute atomic E-state index is 0.334. The molecule has 2 aromatic carbocycles. The van der Waals surface area contributed by atoms with Crippen molar-refractivity contribution in [3.05, 3.63) is 53.6 Å².